The molecule has 2 aromatic heterocycles. The molecule has 2 amide bonds. The Balaban J connectivity index is 0.00000329. The average Bonchev–Trinajstić information content (AvgIpc) is 3.62. The number of anilines is 1. The number of ether oxygens (including phenoxy) is 1. The summed E-state index contributed by atoms with van der Waals surface area (Å²) in [6, 6.07) is 7.08. The Morgan fingerprint density at radius 2 is 1.93 bits per heavy atom. The lowest BCUT2D eigenvalue weighted by Gasteiger charge is -2.25. The molecule has 2 unspecified atom stereocenters. The van der Waals surface area contributed by atoms with E-state index in [4.69, 9.17) is 4.74 Å². The number of alkyl halides is 1. The van der Waals surface area contributed by atoms with Crippen LogP contribution in [0.15, 0.2) is 42.9 Å². The van der Waals surface area contributed by atoms with Gasteiger partial charge in [0.25, 0.3) is 0 Å². The van der Waals surface area contributed by atoms with Crippen molar-refractivity contribution in [2.24, 2.45) is 11.8 Å². The standard InChI is InChI=1S/C28H25F3N8O3.ClH/c29-16-5-23(33-9-16)26(40)37-12-19-20(13-37)28(19,14-32)24-2-1-15(8-34-24)25-21(30)6-17(7-22(25)31)39-11-18(42-27(39)41)10-38-4-3-35-36-38;/h1-4,6-8,16,18-20,23,33H,5,9-13H2;1H/t16-,18-,19?,20?,23-,28?;/m0./s1. The number of fused-ring (bicyclic) bond motifs is 1. The molecule has 4 fully saturated rings. The van der Waals surface area contributed by atoms with E-state index in [1.807, 2.05) is 0 Å². The maximum absolute atomic E-state index is 15.3. The quantitative estimate of drug-likeness (QED) is 0.449. The number of rotatable bonds is 6. The van der Waals surface area contributed by atoms with Crippen molar-refractivity contribution in [3.63, 3.8) is 0 Å². The molecule has 224 valence electrons. The van der Waals surface area contributed by atoms with Crippen LogP contribution >= 0.6 is 12.4 Å². The number of halogens is 4. The number of hydrogen-bond acceptors (Lipinski definition) is 8. The fraction of sp³-hybridized carbons (Fsp3) is 0.429. The topological polar surface area (TPSA) is 129 Å². The molecule has 0 spiro atoms. The number of carbonyl (C=O) groups excluding carboxylic acids is 2. The van der Waals surface area contributed by atoms with Crippen LogP contribution in [0.3, 0.4) is 0 Å². The molecule has 43 heavy (non-hydrogen) atoms. The third-order valence-electron chi connectivity index (χ3n) is 8.80. The third-order valence-corrected chi connectivity index (χ3v) is 8.80. The predicted molar refractivity (Wildman–Crippen MR) is 147 cm³/mol. The van der Waals surface area contributed by atoms with Crippen molar-refractivity contribution in [3.8, 4) is 17.2 Å². The van der Waals surface area contributed by atoms with Crippen LogP contribution in [-0.2, 0) is 21.5 Å². The summed E-state index contributed by atoms with van der Waals surface area (Å²) < 4.78 is 50.9. The minimum atomic E-state index is -1.04. The van der Waals surface area contributed by atoms with Gasteiger partial charge >= 0.3 is 6.09 Å². The largest absolute Gasteiger partial charge is 0.442 e. The molecule has 11 nitrogen and oxygen atoms in total. The van der Waals surface area contributed by atoms with Crippen molar-refractivity contribution in [1.82, 2.24) is 30.2 Å². The van der Waals surface area contributed by atoms with Gasteiger partial charge in [-0.05, 0) is 18.2 Å². The summed E-state index contributed by atoms with van der Waals surface area (Å²) in [5.74, 6) is -2.15. The molecule has 5 heterocycles. The number of benzene rings is 1. The number of likely N-dealkylation sites (tertiary alicyclic amines) is 1. The van der Waals surface area contributed by atoms with Gasteiger partial charge in [0.2, 0.25) is 5.91 Å². The maximum Gasteiger partial charge on any atom is 0.414 e. The summed E-state index contributed by atoms with van der Waals surface area (Å²) in [5.41, 5.74) is -0.515. The number of carbonyl (C=O) groups is 2. The van der Waals surface area contributed by atoms with Crippen LogP contribution < -0.4 is 10.2 Å². The van der Waals surface area contributed by atoms with Gasteiger partial charge in [-0.3, -0.25) is 14.7 Å². The first-order valence-electron chi connectivity index (χ1n) is 13.6. The first kappa shape index (κ1) is 28.9. The molecule has 3 aromatic rings. The van der Waals surface area contributed by atoms with E-state index in [1.165, 1.54) is 23.1 Å². The lowest BCUT2D eigenvalue weighted by Crippen LogP contribution is -2.44. The highest BCUT2D eigenvalue weighted by Gasteiger charge is 2.71. The molecule has 3 saturated heterocycles. The molecule has 15 heteroatoms. The number of pyridine rings is 1. The first-order valence-corrected chi connectivity index (χ1v) is 13.6. The highest BCUT2D eigenvalue weighted by Crippen LogP contribution is 2.63. The summed E-state index contributed by atoms with van der Waals surface area (Å²) in [7, 11) is 0. The first-order chi connectivity index (χ1) is 20.3. The number of cyclic esters (lactones) is 1. The van der Waals surface area contributed by atoms with E-state index in [-0.39, 0.29) is 73.0 Å². The van der Waals surface area contributed by atoms with E-state index < -0.39 is 41.5 Å². The summed E-state index contributed by atoms with van der Waals surface area (Å²) in [5, 5.41) is 20.5. The van der Waals surface area contributed by atoms with Crippen LogP contribution in [-0.4, -0.2) is 81.4 Å². The Labute approximate surface area is 250 Å². The van der Waals surface area contributed by atoms with E-state index in [2.05, 4.69) is 26.7 Å². The van der Waals surface area contributed by atoms with Crippen LogP contribution in [0.1, 0.15) is 12.1 Å². The van der Waals surface area contributed by atoms with Gasteiger partial charge in [-0.2, -0.15) is 5.26 Å². The summed E-state index contributed by atoms with van der Waals surface area (Å²) in [6.45, 7) is 1.25. The Morgan fingerprint density at radius 3 is 2.51 bits per heavy atom. The van der Waals surface area contributed by atoms with Crippen LogP contribution in [0.4, 0.5) is 23.7 Å². The van der Waals surface area contributed by atoms with Gasteiger partial charge < -0.3 is 15.0 Å². The third kappa shape index (κ3) is 4.76. The number of hydrogen-bond donors (Lipinski definition) is 1. The molecule has 1 aromatic carbocycles. The number of amides is 2. The van der Waals surface area contributed by atoms with E-state index in [9.17, 15) is 19.2 Å². The van der Waals surface area contributed by atoms with E-state index in [1.54, 1.807) is 17.2 Å². The SMILES string of the molecule is Cl.N#CC1(c2ccc(-c3c(F)cc(N4C[C@H](Cn5ccnn5)OC4=O)cc3F)cn2)C2CN(C(=O)[C@@H]3C[C@H](F)CN3)CC21. The zero-order chi connectivity index (χ0) is 29.2. The number of aromatic nitrogens is 4. The van der Waals surface area contributed by atoms with Gasteiger partial charge in [0.15, 0.2) is 0 Å². The minimum absolute atomic E-state index is 0. The smallest absolute Gasteiger partial charge is 0.414 e. The van der Waals surface area contributed by atoms with Crippen molar-refractivity contribution in [2.75, 3.05) is 31.1 Å². The van der Waals surface area contributed by atoms with E-state index >= 15 is 8.78 Å². The Hall–Kier alpha value is -4.22. The Bertz CT molecular complexity index is 1570. The van der Waals surface area contributed by atoms with Crippen LogP contribution in [0.5, 0.6) is 0 Å². The van der Waals surface area contributed by atoms with Crippen molar-refractivity contribution in [3.05, 3.63) is 60.2 Å². The average molecular weight is 615 g/mol. The van der Waals surface area contributed by atoms with Crippen LogP contribution in [0.25, 0.3) is 11.1 Å². The molecule has 1 saturated carbocycles. The minimum Gasteiger partial charge on any atom is -0.442 e. The predicted octanol–water partition coefficient (Wildman–Crippen LogP) is 2.62. The second kappa shape index (κ2) is 10.8. The zero-order valence-electron chi connectivity index (χ0n) is 22.6. The van der Waals surface area contributed by atoms with Crippen LogP contribution in [0, 0.1) is 34.8 Å². The molecule has 5 atom stereocenters. The summed E-state index contributed by atoms with van der Waals surface area (Å²) in [4.78, 5) is 32.4. The molecule has 0 bridgehead atoms. The van der Waals surface area contributed by atoms with Gasteiger partial charge in [0.1, 0.15) is 29.3 Å². The fourth-order valence-electron chi connectivity index (χ4n) is 6.66. The molecule has 4 aliphatic rings. The fourth-order valence-corrected chi connectivity index (χ4v) is 6.66. The normalized spacial score (nSPS) is 29.2. The molecular formula is C28H26ClF3N8O3. The van der Waals surface area contributed by atoms with Crippen molar-refractivity contribution < 1.29 is 27.5 Å². The Kier molecular flexibility index (Phi) is 7.26. The lowest BCUT2D eigenvalue weighted by atomic mass is 9.95. The summed E-state index contributed by atoms with van der Waals surface area (Å²) in [6.07, 6.45) is 2.26. The molecular weight excluding hydrogens is 589 g/mol. The summed E-state index contributed by atoms with van der Waals surface area (Å²) >= 11 is 0. The van der Waals surface area contributed by atoms with Gasteiger partial charge in [0, 0.05) is 55.8 Å². The van der Waals surface area contributed by atoms with E-state index in [0.717, 1.165) is 17.0 Å². The zero-order valence-corrected chi connectivity index (χ0v) is 23.4. The van der Waals surface area contributed by atoms with Gasteiger partial charge in [-0.1, -0.05) is 11.3 Å². The number of nitrogens with one attached hydrogen (secondary N) is 1. The molecule has 1 N–H and O–H groups in total. The highest BCUT2D eigenvalue weighted by atomic mass is 35.5. The van der Waals surface area contributed by atoms with Gasteiger partial charge in [-0.15, -0.1) is 17.5 Å². The van der Waals surface area contributed by atoms with Crippen molar-refractivity contribution in [1.29, 1.82) is 5.26 Å². The molecule has 7 rings (SSSR count). The number of piperidine rings is 1. The second-order valence-corrected chi connectivity index (χ2v) is 11.2. The van der Waals surface area contributed by atoms with Crippen LogP contribution in [0.2, 0.25) is 0 Å². The monoisotopic (exact) mass is 614 g/mol. The molecule has 0 radical (unpaired) electrons. The lowest BCUT2D eigenvalue weighted by molar-refractivity contribution is -0.132. The van der Waals surface area contributed by atoms with Gasteiger partial charge in [-0.25, -0.2) is 22.6 Å². The Morgan fingerprint density at radius 1 is 1.19 bits per heavy atom. The molecule has 1 aliphatic carbocycles. The van der Waals surface area contributed by atoms with E-state index in [0.29, 0.717) is 18.8 Å². The maximum atomic E-state index is 15.3. The number of nitrogens with zero attached hydrogens (tertiary/aromatic N) is 7. The highest BCUT2D eigenvalue weighted by molar-refractivity contribution is 5.90. The second-order valence-electron chi connectivity index (χ2n) is 11.2. The molecule has 3 aliphatic heterocycles. The van der Waals surface area contributed by atoms with Crippen molar-refractivity contribution in [2.45, 2.75) is 36.7 Å². The number of nitriles is 1. The van der Waals surface area contributed by atoms with Crippen molar-refractivity contribution >= 4 is 30.1 Å². The van der Waals surface area contributed by atoms with Gasteiger partial charge in [0.05, 0.1) is 48.3 Å².